The van der Waals surface area contributed by atoms with Gasteiger partial charge in [-0.05, 0) is 18.4 Å². The maximum absolute atomic E-state index is 5.42. The Hall–Kier alpha value is -0.700. The second-order valence-electron chi connectivity index (χ2n) is 2.47. The van der Waals surface area contributed by atoms with Crippen molar-refractivity contribution in [1.29, 1.82) is 0 Å². The number of hydrogen-bond donors (Lipinski definition) is 1. The minimum Gasteiger partial charge on any atom is -0.488 e. The molecule has 1 aromatic rings. The van der Waals surface area contributed by atoms with Gasteiger partial charge in [0.15, 0.2) is 5.75 Å². The van der Waals surface area contributed by atoms with Gasteiger partial charge in [0, 0.05) is 0 Å². The molecule has 0 fully saturated rings. The van der Waals surface area contributed by atoms with E-state index in [2.05, 4.69) is 12.2 Å². The molecular formula is C7H9NOS. The maximum atomic E-state index is 5.42. The van der Waals surface area contributed by atoms with Crippen LogP contribution in [-0.2, 0) is 0 Å². The van der Waals surface area contributed by atoms with Crippen molar-refractivity contribution in [3.05, 3.63) is 11.4 Å². The molecule has 1 aliphatic rings. The lowest BCUT2D eigenvalue weighted by atomic mass is 10.3. The highest BCUT2D eigenvalue weighted by atomic mass is 32.1. The summed E-state index contributed by atoms with van der Waals surface area (Å²) in [6, 6.07) is 2.45. The first-order valence-electron chi connectivity index (χ1n) is 3.33. The third-order valence-electron chi connectivity index (χ3n) is 1.50. The van der Waals surface area contributed by atoms with E-state index in [0.717, 1.165) is 12.4 Å². The Bertz CT molecular complexity index is 233. The smallest absolute Gasteiger partial charge is 0.153 e. The molecule has 1 aromatic heterocycles. The summed E-state index contributed by atoms with van der Waals surface area (Å²) in [6.45, 7) is 2.90. The molecule has 1 atom stereocenters. The van der Waals surface area contributed by atoms with Crippen molar-refractivity contribution in [2.45, 2.75) is 13.0 Å². The van der Waals surface area contributed by atoms with E-state index in [-0.39, 0.29) is 0 Å². The van der Waals surface area contributed by atoms with Gasteiger partial charge in [0.05, 0.1) is 6.04 Å². The minimum atomic E-state index is 0.450. The van der Waals surface area contributed by atoms with Crippen LogP contribution in [-0.4, -0.2) is 12.6 Å². The summed E-state index contributed by atoms with van der Waals surface area (Å²) < 4.78 is 5.42. The van der Waals surface area contributed by atoms with Crippen LogP contribution in [0.25, 0.3) is 0 Å². The number of anilines is 1. The van der Waals surface area contributed by atoms with Crippen LogP contribution >= 0.6 is 11.3 Å². The first-order valence-corrected chi connectivity index (χ1v) is 4.21. The van der Waals surface area contributed by atoms with Gasteiger partial charge in [-0.1, -0.05) is 0 Å². The van der Waals surface area contributed by atoms with Crippen molar-refractivity contribution in [2.24, 2.45) is 0 Å². The molecule has 0 saturated heterocycles. The van der Waals surface area contributed by atoms with Crippen LogP contribution in [0.3, 0.4) is 0 Å². The molecule has 54 valence electrons. The van der Waals surface area contributed by atoms with E-state index in [9.17, 15) is 0 Å². The SMILES string of the molecule is CC1COc2ccsc2N1. The molecule has 10 heavy (non-hydrogen) atoms. The van der Waals surface area contributed by atoms with Gasteiger partial charge >= 0.3 is 0 Å². The Morgan fingerprint density at radius 3 is 3.60 bits per heavy atom. The van der Waals surface area contributed by atoms with Gasteiger partial charge in [0.2, 0.25) is 0 Å². The summed E-state index contributed by atoms with van der Waals surface area (Å²) in [6.07, 6.45) is 0. The summed E-state index contributed by atoms with van der Waals surface area (Å²) in [7, 11) is 0. The lowest BCUT2D eigenvalue weighted by Gasteiger charge is -2.21. The maximum Gasteiger partial charge on any atom is 0.153 e. The van der Waals surface area contributed by atoms with Gasteiger partial charge < -0.3 is 10.1 Å². The van der Waals surface area contributed by atoms with Crippen LogP contribution < -0.4 is 10.1 Å². The zero-order chi connectivity index (χ0) is 6.97. The monoisotopic (exact) mass is 155 g/mol. The number of rotatable bonds is 0. The van der Waals surface area contributed by atoms with Crippen molar-refractivity contribution in [2.75, 3.05) is 11.9 Å². The lowest BCUT2D eigenvalue weighted by molar-refractivity contribution is 0.294. The van der Waals surface area contributed by atoms with Crippen molar-refractivity contribution in [3.63, 3.8) is 0 Å². The van der Waals surface area contributed by atoms with Crippen LogP contribution in [0, 0.1) is 0 Å². The third-order valence-corrected chi connectivity index (χ3v) is 2.32. The average Bonchev–Trinajstić information content (AvgIpc) is 2.33. The topological polar surface area (TPSA) is 21.3 Å². The quantitative estimate of drug-likeness (QED) is 0.618. The van der Waals surface area contributed by atoms with E-state index in [0.29, 0.717) is 6.04 Å². The second kappa shape index (κ2) is 2.16. The van der Waals surface area contributed by atoms with Crippen molar-refractivity contribution >= 4 is 16.3 Å². The van der Waals surface area contributed by atoms with E-state index >= 15 is 0 Å². The molecule has 0 saturated carbocycles. The Kier molecular flexibility index (Phi) is 1.31. The van der Waals surface area contributed by atoms with Crippen molar-refractivity contribution < 1.29 is 4.74 Å². The second-order valence-corrected chi connectivity index (χ2v) is 3.39. The molecule has 1 aliphatic heterocycles. The Morgan fingerprint density at radius 1 is 1.80 bits per heavy atom. The first-order chi connectivity index (χ1) is 4.86. The van der Waals surface area contributed by atoms with E-state index in [1.54, 1.807) is 11.3 Å². The zero-order valence-electron chi connectivity index (χ0n) is 5.76. The first kappa shape index (κ1) is 6.04. The van der Waals surface area contributed by atoms with Gasteiger partial charge in [0.25, 0.3) is 0 Å². The van der Waals surface area contributed by atoms with Crippen LogP contribution in [0.5, 0.6) is 5.75 Å². The fourth-order valence-electron chi connectivity index (χ4n) is 0.997. The number of hydrogen-bond acceptors (Lipinski definition) is 3. The zero-order valence-corrected chi connectivity index (χ0v) is 6.57. The van der Waals surface area contributed by atoms with Crippen LogP contribution in [0.1, 0.15) is 6.92 Å². The highest BCUT2D eigenvalue weighted by Crippen LogP contribution is 2.33. The fraction of sp³-hybridized carbons (Fsp3) is 0.429. The molecule has 0 aliphatic carbocycles. The molecule has 0 spiro atoms. The minimum absolute atomic E-state index is 0.450. The van der Waals surface area contributed by atoms with Gasteiger partial charge in [-0.3, -0.25) is 0 Å². The Labute approximate surface area is 63.8 Å². The predicted molar refractivity (Wildman–Crippen MR) is 42.9 cm³/mol. The fourth-order valence-corrected chi connectivity index (χ4v) is 1.84. The van der Waals surface area contributed by atoms with Crippen LogP contribution in [0.2, 0.25) is 0 Å². The molecule has 0 radical (unpaired) electrons. The standard InChI is InChI=1S/C7H9NOS/c1-5-4-9-6-2-3-10-7(6)8-5/h2-3,5,8H,4H2,1H3. The Morgan fingerprint density at radius 2 is 2.70 bits per heavy atom. The molecule has 2 heterocycles. The van der Waals surface area contributed by atoms with Crippen molar-refractivity contribution in [1.82, 2.24) is 0 Å². The molecule has 3 heteroatoms. The summed E-state index contributed by atoms with van der Waals surface area (Å²) in [5, 5.41) is 6.54. The van der Waals surface area contributed by atoms with E-state index in [1.165, 1.54) is 5.00 Å². The molecule has 1 unspecified atom stereocenters. The molecule has 2 rings (SSSR count). The van der Waals surface area contributed by atoms with Crippen molar-refractivity contribution in [3.8, 4) is 5.75 Å². The van der Waals surface area contributed by atoms with E-state index in [1.807, 2.05) is 11.4 Å². The third kappa shape index (κ3) is 0.865. The highest BCUT2D eigenvalue weighted by molar-refractivity contribution is 7.14. The molecule has 0 bridgehead atoms. The van der Waals surface area contributed by atoms with Gasteiger partial charge in [0.1, 0.15) is 11.6 Å². The summed E-state index contributed by atoms with van der Waals surface area (Å²) in [5.74, 6) is 1.00. The number of thiophene rings is 1. The highest BCUT2D eigenvalue weighted by Gasteiger charge is 2.14. The Balaban J connectivity index is 2.30. The van der Waals surface area contributed by atoms with E-state index < -0.39 is 0 Å². The lowest BCUT2D eigenvalue weighted by Crippen LogP contribution is -2.27. The molecule has 0 aromatic carbocycles. The molecule has 2 nitrogen and oxygen atoms in total. The van der Waals surface area contributed by atoms with Gasteiger partial charge in [-0.2, -0.15) is 0 Å². The summed E-state index contributed by atoms with van der Waals surface area (Å²) in [5.41, 5.74) is 0. The largest absolute Gasteiger partial charge is 0.488 e. The van der Waals surface area contributed by atoms with Crippen LogP contribution in [0.15, 0.2) is 11.4 Å². The number of ether oxygens (including phenoxy) is 1. The average molecular weight is 155 g/mol. The normalized spacial score (nSPS) is 22.7. The number of fused-ring (bicyclic) bond motifs is 1. The summed E-state index contributed by atoms with van der Waals surface area (Å²) in [4.78, 5) is 0. The molecular weight excluding hydrogens is 146 g/mol. The molecule has 0 amide bonds. The molecule has 1 N–H and O–H groups in total. The predicted octanol–water partition coefficient (Wildman–Crippen LogP) is 1.94. The summed E-state index contributed by atoms with van der Waals surface area (Å²) >= 11 is 1.69. The van der Waals surface area contributed by atoms with Gasteiger partial charge in [-0.25, -0.2) is 0 Å². The van der Waals surface area contributed by atoms with Gasteiger partial charge in [-0.15, -0.1) is 11.3 Å². The van der Waals surface area contributed by atoms with E-state index in [4.69, 9.17) is 4.74 Å². The number of nitrogens with one attached hydrogen (secondary N) is 1. The van der Waals surface area contributed by atoms with Crippen LogP contribution in [0.4, 0.5) is 5.00 Å².